The van der Waals surface area contributed by atoms with E-state index in [1.165, 1.54) is 0 Å². The van der Waals surface area contributed by atoms with Crippen molar-refractivity contribution in [1.29, 1.82) is 0 Å². The lowest BCUT2D eigenvalue weighted by atomic mass is 10.3. The van der Waals surface area contributed by atoms with E-state index in [0.29, 0.717) is 11.3 Å². The third-order valence-corrected chi connectivity index (χ3v) is 4.01. The normalized spacial score (nSPS) is 12.2. The average Bonchev–Trinajstić information content (AvgIpc) is 2.24. The van der Waals surface area contributed by atoms with E-state index in [0.717, 1.165) is 12.2 Å². The van der Waals surface area contributed by atoms with Crippen molar-refractivity contribution in [2.75, 3.05) is 6.61 Å². The van der Waals surface area contributed by atoms with Crippen LogP contribution < -0.4 is 5.56 Å². The fraction of sp³-hybridized carbons (Fsp3) is 0.600. The molecule has 1 aromatic rings. The van der Waals surface area contributed by atoms with Crippen molar-refractivity contribution in [2.24, 2.45) is 0 Å². The summed E-state index contributed by atoms with van der Waals surface area (Å²) in [6.45, 7) is 4.35. The van der Waals surface area contributed by atoms with Gasteiger partial charge in [-0.15, -0.1) is 0 Å². The Hall–Kier alpha value is -0.863. The maximum Gasteiger partial charge on any atom is 0.423 e. The summed E-state index contributed by atoms with van der Waals surface area (Å²) in [5, 5.41) is 2.82. The third kappa shape index (κ3) is 4.63. The van der Waals surface area contributed by atoms with E-state index in [1.54, 1.807) is 0 Å². The van der Waals surface area contributed by atoms with Gasteiger partial charge in [0.25, 0.3) is 5.56 Å². The van der Waals surface area contributed by atoms with E-state index in [9.17, 15) is 18.0 Å². The molecule has 0 saturated heterocycles. The predicted octanol–water partition coefficient (Wildman–Crippen LogP) is 2.38. The molecule has 0 aliphatic heterocycles. The van der Waals surface area contributed by atoms with Crippen LogP contribution in [0.25, 0.3) is 0 Å². The Labute approximate surface area is 114 Å². The minimum absolute atomic E-state index is 0.305. The molecule has 0 N–H and O–H groups in total. The summed E-state index contributed by atoms with van der Waals surface area (Å²) < 4.78 is 43.6. The first-order valence-electron chi connectivity index (χ1n) is 5.64. The molecule has 0 aliphatic rings. The predicted molar refractivity (Wildman–Crippen MR) is 68.1 cm³/mol. The summed E-state index contributed by atoms with van der Waals surface area (Å²) in [6.07, 6.45) is -4.00. The molecule has 0 unspecified atom stereocenters. The van der Waals surface area contributed by atoms with Crippen molar-refractivity contribution in [3.63, 3.8) is 0 Å². The fourth-order valence-corrected chi connectivity index (χ4v) is 2.16. The molecule has 19 heavy (non-hydrogen) atoms. The highest BCUT2D eigenvalue weighted by Gasteiger charge is 2.37. The zero-order valence-corrected chi connectivity index (χ0v) is 12.4. The van der Waals surface area contributed by atoms with Gasteiger partial charge in [-0.2, -0.15) is 18.3 Å². The monoisotopic (exact) mass is 314 g/mol. The minimum atomic E-state index is -4.80. The van der Waals surface area contributed by atoms with Crippen molar-refractivity contribution in [1.82, 2.24) is 9.78 Å². The minimum Gasteiger partial charge on any atom is -0.359 e. The van der Waals surface area contributed by atoms with E-state index in [-0.39, 0.29) is 6.73 Å². The standard InChI is InChI=1S/C10H14ClF3N2O2Si/c1-19(2)4-3-18-6-16-9(17)8(10(12,13)14)7(11)5-15-16/h5,19H,3-4,6H2,1-2H3. The van der Waals surface area contributed by atoms with Crippen LogP contribution in [0.5, 0.6) is 0 Å². The summed E-state index contributed by atoms with van der Waals surface area (Å²) >= 11 is 5.36. The molecule has 0 aromatic carbocycles. The number of ether oxygens (including phenoxy) is 1. The number of hydrogen-bond donors (Lipinski definition) is 0. The van der Waals surface area contributed by atoms with E-state index in [4.69, 9.17) is 16.3 Å². The lowest BCUT2D eigenvalue weighted by Crippen LogP contribution is -2.31. The van der Waals surface area contributed by atoms with E-state index < -0.39 is 31.1 Å². The molecule has 1 aromatic heterocycles. The Morgan fingerprint density at radius 1 is 1.47 bits per heavy atom. The van der Waals surface area contributed by atoms with Crippen LogP contribution in [0.15, 0.2) is 11.0 Å². The Morgan fingerprint density at radius 2 is 2.11 bits per heavy atom. The summed E-state index contributed by atoms with van der Waals surface area (Å²) in [5.74, 6) is 0. The molecular weight excluding hydrogens is 301 g/mol. The van der Waals surface area contributed by atoms with Crippen LogP contribution in [0.3, 0.4) is 0 Å². The van der Waals surface area contributed by atoms with Crippen LogP contribution in [0.4, 0.5) is 13.2 Å². The molecule has 108 valence electrons. The van der Waals surface area contributed by atoms with Gasteiger partial charge in [0.05, 0.1) is 11.2 Å². The molecule has 0 atom stereocenters. The SMILES string of the molecule is C[SiH](C)CCOCn1ncc(Cl)c(C(F)(F)F)c1=O. The molecule has 1 rings (SSSR count). The molecule has 0 radical (unpaired) electrons. The Morgan fingerprint density at radius 3 is 2.63 bits per heavy atom. The first kappa shape index (κ1) is 16.2. The number of rotatable bonds is 5. The third-order valence-electron chi connectivity index (χ3n) is 2.33. The van der Waals surface area contributed by atoms with Crippen molar-refractivity contribution < 1.29 is 17.9 Å². The number of alkyl halides is 3. The Kier molecular flexibility index (Phi) is 5.57. The quantitative estimate of drug-likeness (QED) is 0.619. The van der Waals surface area contributed by atoms with Gasteiger partial charge in [-0.05, 0) is 6.04 Å². The molecule has 0 amide bonds. The van der Waals surface area contributed by atoms with Gasteiger partial charge in [0.1, 0.15) is 12.3 Å². The molecule has 0 bridgehead atoms. The fourth-order valence-electron chi connectivity index (χ4n) is 1.29. The van der Waals surface area contributed by atoms with E-state index >= 15 is 0 Å². The first-order chi connectivity index (χ1) is 8.73. The van der Waals surface area contributed by atoms with Crippen molar-refractivity contribution in [2.45, 2.75) is 32.0 Å². The van der Waals surface area contributed by atoms with Gasteiger partial charge in [-0.1, -0.05) is 24.7 Å². The highest BCUT2D eigenvalue weighted by molar-refractivity contribution is 6.55. The van der Waals surface area contributed by atoms with E-state index in [1.807, 2.05) is 0 Å². The smallest absolute Gasteiger partial charge is 0.359 e. The second-order valence-corrected chi connectivity index (χ2v) is 8.16. The van der Waals surface area contributed by atoms with Gasteiger partial charge in [0.15, 0.2) is 0 Å². The number of nitrogens with zero attached hydrogens (tertiary/aromatic N) is 2. The molecule has 0 aliphatic carbocycles. The summed E-state index contributed by atoms with van der Waals surface area (Å²) in [6, 6.07) is 0.883. The highest BCUT2D eigenvalue weighted by Crippen LogP contribution is 2.31. The molecule has 9 heteroatoms. The Balaban J connectivity index is 2.84. The zero-order chi connectivity index (χ0) is 14.6. The van der Waals surface area contributed by atoms with Crippen molar-refractivity contribution >= 4 is 20.4 Å². The summed E-state index contributed by atoms with van der Waals surface area (Å²) in [4.78, 5) is 11.6. The average molecular weight is 315 g/mol. The summed E-state index contributed by atoms with van der Waals surface area (Å²) in [7, 11) is -0.788. The molecule has 0 saturated carbocycles. The molecular formula is C10H14ClF3N2O2Si. The van der Waals surface area contributed by atoms with Crippen LogP contribution in [0.1, 0.15) is 5.56 Å². The van der Waals surface area contributed by atoms with Gasteiger partial charge in [0, 0.05) is 15.4 Å². The zero-order valence-electron chi connectivity index (χ0n) is 10.5. The number of halogens is 4. The highest BCUT2D eigenvalue weighted by atomic mass is 35.5. The lowest BCUT2D eigenvalue weighted by molar-refractivity contribution is -0.139. The topological polar surface area (TPSA) is 44.1 Å². The van der Waals surface area contributed by atoms with Crippen LogP contribution in [0, 0.1) is 0 Å². The van der Waals surface area contributed by atoms with Crippen LogP contribution in [-0.2, 0) is 17.6 Å². The van der Waals surface area contributed by atoms with Crippen LogP contribution >= 0.6 is 11.6 Å². The van der Waals surface area contributed by atoms with Gasteiger partial charge in [0.2, 0.25) is 0 Å². The van der Waals surface area contributed by atoms with Gasteiger partial charge >= 0.3 is 6.18 Å². The van der Waals surface area contributed by atoms with Crippen LogP contribution in [0.2, 0.25) is 24.2 Å². The number of aromatic nitrogens is 2. The van der Waals surface area contributed by atoms with Crippen molar-refractivity contribution in [3.8, 4) is 0 Å². The van der Waals surface area contributed by atoms with Gasteiger partial charge < -0.3 is 4.74 Å². The Bertz CT molecular complexity index is 491. The summed E-state index contributed by atoms with van der Waals surface area (Å²) in [5.41, 5.74) is -2.70. The lowest BCUT2D eigenvalue weighted by Gasteiger charge is -2.11. The molecule has 4 nitrogen and oxygen atoms in total. The molecule has 1 heterocycles. The maximum atomic E-state index is 12.6. The second kappa shape index (κ2) is 6.53. The van der Waals surface area contributed by atoms with Crippen LogP contribution in [-0.4, -0.2) is 25.2 Å². The second-order valence-electron chi connectivity index (χ2n) is 4.39. The number of hydrogen-bond acceptors (Lipinski definition) is 3. The largest absolute Gasteiger partial charge is 0.423 e. The van der Waals surface area contributed by atoms with E-state index in [2.05, 4.69) is 18.2 Å². The van der Waals surface area contributed by atoms with Gasteiger partial charge in [-0.3, -0.25) is 4.79 Å². The van der Waals surface area contributed by atoms with Crippen molar-refractivity contribution in [3.05, 3.63) is 27.1 Å². The maximum absolute atomic E-state index is 12.6. The molecule has 0 spiro atoms. The molecule has 0 fully saturated rings. The van der Waals surface area contributed by atoms with Gasteiger partial charge in [-0.25, -0.2) is 4.68 Å². The first-order valence-corrected chi connectivity index (χ1v) is 9.14.